The van der Waals surface area contributed by atoms with E-state index in [2.05, 4.69) is 31.3 Å². The average Bonchev–Trinajstić information content (AvgIpc) is 3.02. The molecule has 142 valence electrons. The van der Waals surface area contributed by atoms with Crippen molar-refractivity contribution in [1.82, 2.24) is 19.7 Å². The molecule has 2 aromatic rings. The van der Waals surface area contributed by atoms with Crippen LogP contribution in [0.15, 0.2) is 24.4 Å². The van der Waals surface area contributed by atoms with Crippen molar-refractivity contribution >= 4 is 34.5 Å². The second-order valence-corrected chi connectivity index (χ2v) is 7.71. The van der Waals surface area contributed by atoms with Gasteiger partial charge in [0, 0.05) is 52.1 Å². The molecular weight excluding hydrogens is 368 g/mol. The van der Waals surface area contributed by atoms with Gasteiger partial charge >= 0.3 is 0 Å². The zero-order valence-electron chi connectivity index (χ0n) is 15.1. The smallest absolute Gasteiger partial charge is 0.204 e. The van der Waals surface area contributed by atoms with E-state index in [-0.39, 0.29) is 0 Å². The summed E-state index contributed by atoms with van der Waals surface area (Å²) in [7, 11) is 0. The molecule has 0 bridgehead atoms. The molecule has 3 rings (SSSR count). The SMILES string of the molecule is CCOCCCNc1nn(CN2CCN(c3ccccn3)CC2)c(=S)s1. The van der Waals surface area contributed by atoms with Crippen molar-refractivity contribution in [1.29, 1.82) is 0 Å². The minimum atomic E-state index is 0.742. The molecule has 0 aliphatic carbocycles. The third kappa shape index (κ3) is 5.47. The third-order valence-corrected chi connectivity index (χ3v) is 5.50. The molecule has 7 nitrogen and oxygen atoms in total. The van der Waals surface area contributed by atoms with E-state index in [0.29, 0.717) is 0 Å². The van der Waals surface area contributed by atoms with Crippen molar-refractivity contribution in [2.75, 3.05) is 56.2 Å². The van der Waals surface area contributed by atoms with Crippen molar-refractivity contribution in [3.63, 3.8) is 0 Å². The van der Waals surface area contributed by atoms with Crippen molar-refractivity contribution in [2.24, 2.45) is 0 Å². The largest absolute Gasteiger partial charge is 0.382 e. The van der Waals surface area contributed by atoms with Crippen molar-refractivity contribution in [2.45, 2.75) is 20.0 Å². The lowest BCUT2D eigenvalue weighted by atomic mass is 10.3. The quantitative estimate of drug-likeness (QED) is 0.518. The highest BCUT2D eigenvalue weighted by molar-refractivity contribution is 7.73. The Balaban J connectivity index is 1.45. The van der Waals surface area contributed by atoms with Gasteiger partial charge in [0.15, 0.2) is 3.95 Å². The van der Waals surface area contributed by atoms with Gasteiger partial charge < -0.3 is 15.0 Å². The predicted molar refractivity (Wildman–Crippen MR) is 109 cm³/mol. The van der Waals surface area contributed by atoms with Gasteiger partial charge in [-0.1, -0.05) is 17.4 Å². The van der Waals surface area contributed by atoms with Gasteiger partial charge in [-0.05, 0) is 37.7 Å². The molecule has 1 aliphatic heterocycles. The van der Waals surface area contributed by atoms with Gasteiger partial charge in [0.2, 0.25) is 5.13 Å². The maximum atomic E-state index is 5.47. The molecule has 3 heterocycles. The summed E-state index contributed by atoms with van der Waals surface area (Å²) >= 11 is 7.00. The number of anilines is 2. The van der Waals surface area contributed by atoms with Crippen LogP contribution >= 0.6 is 23.6 Å². The normalized spacial score (nSPS) is 15.3. The summed E-state index contributed by atoms with van der Waals surface area (Å²) in [5.74, 6) is 1.05. The first kappa shape index (κ1) is 19.2. The second kappa shape index (κ2) is 9.96. The first-order valence-electron chi connectivity index (χ1n) is 9.04. The Labute approximate surface area is 163 Å². The minimum Gasteiger partial charge on any atom is -0.382 e. The Morgan fingerprint density at radius 3 is 2.85 bits per heavy atom. The lowest BCUT2D eigenvalue weighted by Gasteiger charge is -2.35. The molecule has 1 fully saturated rings. The summed E-state index contributed by atoms with van der Waals surface area (Å²) in [6.07, 6.45) is 2.81. The van der Waals surface area contributed by atoms with Crippen molar-refractivity contribution in [3.05, 3.63) is 28.4 Å². The first-order valence-corrected chi connectivity index (χ1v) is 10.3. The van der Waals surface area contributed by atoms with E-state index in [1.807, 2.05) is 29.9 Å². The zero-order chi connectivity index (χ0) is 18.2. The molecule has 0 spiro atoms. The topological polar surface area (TPSA) is 58.5 Å². The molecule has 0 unspecified atom stereocenters. The van der Waals surface area contributed by atoms with Gasteiger partial charge in [0.05, 0.1) is 6.67 Å². The van der Waals surface area contributed by atoms with Crippen LogP contribution in [0.3, 0.4) is 0 Å². The van der Waals surface area contributed by atoms with Crippen LogP contribution in [-0.2, 0) is 11.4 Å². The Kier molecular flexibility index (Phi) is 7.36. The Bertz CT molecular complexity index is 712. The van der Waals surface area contributed by atoms with Crippen LogP contribution in [0.1, 0.15) is 13.3 Å². The van der Waals surface area contributed by atoms with E-state index in [0.717, 1.165) is 73.9 Å². The van der Waals surface area contributed by atoms with E-state index < -0.39 is 0 Å². The van der Waals surface area contributed by atoms with Crippen LogP contribution in [0.5, 0.6) is 0 Å². The highest BCUT2D eigenvalue weighted by Gasteiger charge is 2.18. The van der Waals surface area contributed by atoms with Crippen LogP contribution in [0.2, 0.25) is 0 Å². The van der Waals surface area contributed by atoms with Gasteiger partial charge in [0.25, 0.3) is 0 Å². The van der Waals surface area contributed by atoms with Crippen molar-refractivity contribution < 1.29 is 4.74 Å². The molecule has 1 N–H and O–H groups in total. The lowest BCUT2D eigenvalue weighted by Crippen LogP contribution is -2.47. The van der Waals surface area contributed by atoms with Crippen LogP contribution < -0.4 is 10.2 Å². The molecule has 26 heavy (non-hydrogen) atoms. The molecule has 2 aromatic heterocycles. The maximum Gasteiger partial charge on any atom is 0.204 e. The number of hydrogen-bond acceptors (Lipinski definition) is 8. The Morgan fingerprint density at radius 1 is 1.27 bits per heavy atom. The second-order valence-electron chi connectivity index (χ2n) is 6.08. The fourth-order valence-corrected chi connectivity index (χ4v) is 3.85. The highest BCUT2D eigenvalue weighted by atomic mass is 32.1. The number of ether oxygens (including phenoxy) is 1. The van der Waals surface area contributed by atoms with E-state index >= 15 is 0 Å². The van der Waals surface area contributed by atoms with Crippen LogP contribution in [0, 0.1) is 3.95 Å². The molecule has 0 amide bonds. The summed E-state index contributed by atoms with van der Waals surface area (Å²) in [5.41, 5.74) is 0. The maximum absolute atomic E-state index is 5.47. The highest BCUT2D eigenvalue weighted by Crippen LogP contribution is 2.16. The van der Waals surface area contributed by atoms with Crippen LogP contribution in [0.25, 0.3) is 0 Å². The molecular formula is C17H26N6OS2. The van der Waals surface area contributed by atoms with E-state index in [1.165, 1.54) is 11.3 Å². The molecule has 1 saturated heterocycles. The summed E-state index contributed by atoms with van der Waals surface area (Å²) in [6.45, 7) is 9.04. The summed E-state index contributed by atoms with van der Waals surface area (Å²) < 4.78 is 8.07. The number of hydrogen-bond donors (Lipinski definition) is 1. The fraction of sp³-hybridized carbons (Fsp3) is 0.588. The van der Waals surface area contributed by atoms with Gasteiger partial charge in [-0.15, -0.1) is 5.10 Å². The molecule has 0 aromatic carbocycles. The van der Waals surface area contributed by atoms with Crippen molar-refractivity contribution in [3.8, 4) is 0 Å². The van der Waals surface area contributed by atoms with Crippen LogP contribution in [-0.4, -0.2) is 65.6 Å². The van der Waals surface area contributed by atoms with Crippen LogP contribution in [0.4, 0.5) is 10.9 Å². The number of aromatic nitrogens is 3. The zero-order valence-corrected chi connectivity index (χ0v) is 16.8. The monoisotopic (exact) mass is 394 g/mol. The van der Waals surface area contributed by atoms with Gasteiger partial charge in [-0.2, -0.15) is 0 Å². The van der Waals surface area contributed by atoms with E-state index in [9.17, 15) is 0 Å². The number of piperazine rings is 1. The minimum absolute atomic E-state index is 0.742. The van der Waals surface area contributed by atoms with Gasteiger partial charge in [-0.25, -0.2) is 9.67 Å². The number of pyridine rings is 1. The molecule has 0 atom stereocenters. The number of rotatable bonds is 9. The van der Waals surface area contributed by atoms with E-state index in [4.69, 9.17) is 17.0 Å². The number of nitrogens with zero attached hydrogens (tertiary/aromatic N) is 5. The summed E-state index contributed by atoms with van der Waals surface area (Å²) in [4.78, 5) is 9.14. The Morgan fingerprint density at radius 2 is 2.12 bits per heavy atom. The molecule has 9 heteroatoms. The number of nitrogens with one attached hydrogen (secondary N) is 1. The van der Waals surface area contributed by atoms with Gasteiger partial charge in [-0.3, -0.25) is 4.90 Å². The summed E-state index contributed by atoms with van der Waals surface area (Å²) in [6, 6.07) is 6.05. The van der Waals surface area contributed by atoms with Gasteiger partial charge in [0.1, 0.15) is 5.82 Å². The standard InChI is InChI=1S/C17H26N6OS2/c1-2-24-13-5-8-19-16-20-23(17(25)26-16)14-21-9-11-22(12-10-21)15-6-3-4-7-18-15/h3-4,6-7H,2,5,8-14H2,1H3,(H,19,20). The average molecular weight is 395 g/mol. The summed E-state index contributed by atoms with van der Waals surface area (Å²) in [5, 5.41) is 8.83. The van der Waals surface area contributed by atoms with E-state index in [1.54, 1.807) is 0 Å². The fourth-order valence-electron chi connectivity index (χ4n) is 2.83. The molecule has 0 radical (unpaired) electrons. The Hall–Kier alpha value is -1.55. The predicted octanol–water partition coefficient (Wildman–Crippen LogP) is 2.69. The third-order valence-electron chi connectivity index (χ3n) is 4.23. The lowest BCUT2D eigenvalue weighted by molar-refractivity contribution is 0.147. The first-order chi connectivity index (χ1) is 12.8. The molecule has 1 aliphatic rings. The molecule has 0 saturated carbocycles.